The monoisotopic (exact) mass is 381 g/mol. The van der Waals surface area contributed by atoms with Crippen molar-refractivity contribution in [2.45, 2.75) is 33.0 Å². The zero-order chi connectivity index (χ0) is 19.8. The van der Waals surface area contributed by atoms with E-state index in [2.05, 4.69) is 65.8 Å². The first kappa shape index (κ1) is 20.4. The van der Waals surface area contributed by atoms with Crippen molar-refractivity contribution in [2.75, 3.05) is 26.3 Å². The summed E-state index contributed by atoms with van der Waals surface area (Å²) in [6, 6.07) is 18.4. The van der Waals surface area contributed by atoms with E-state index in [4.69, 9.17) is 4.74 Å². The van der Waals surface area contributed by atoms with Crippen LogP contribution in [-0.2, 0) is 17.8 Å². The fourth-order valence-electron chi connectivity index (χ4n) is 3.45. The molecule has 3 rings (SSSR count). The van der Waals surface area contributed by atoms with Crippen LogP contribution in [0.4, 0.5) is 4.79 Å². The predicted octanol–water partition coefficient (Wildman–Crippen LogP) is 3.72. The minimum absolute atomic E-state index is 0.00269. The second-order valence-electron chi connectivity index (χ2n) is 7.66. The summed E-state index contributed by atoms with van der Waals surface area (Å²) in [5, 5.41) is 6.08. The van der Waals surface area contributed by atoms with Gasteiger partial charge in [-0.2, -0.15) is 0 Å². The Labute approximate surface area is 168 Å². The molecule has 1 aliphatic rings. The number of amides is 2. The SMILES string of the molecule is CC(C)[C@@H](NC(=O)NCc1ccc(CN2CCOCC2)cc1)c1ccccc1. The van der Waals surface area contributed by atoms with Gasteiger partial charge in [0.1, 0.15) is 0 Å². The Morgan fingerprint density at radius 3 is 2.29 bits per heavy atom. The number of urea groups is 1. The van der Waals surface area contributed by atoms with E-state index < -0.39 is 0 Å². The average Bonchev–Trinajstić information content (AvgIpc) is 2.73. The summed E-state index contributed by atoms with van der Waals surface area (Å²) in [6.45, 7) is 9.31. The first-order valence-electron chi connectivity index (χ1n) is 10.1. The zero-order valence-corrected chi connectivity index (χ0v) is 16.9. The third-order valence-corrected chi connectivity index (χ3v) is 5.10. The van der Waals surface area contributed by atoms with Crippen molar-refractivity contribution < 1.29 is 9.53 Å². The smallest absolute Gasteiger partial charge is 0.315 e. The fraction of sp³-hybridized carbons (Fsp3) is 0.435. The summed E-state index contributed by atoms with van der Waals surface area (Å²) in [5.74, 6) is 0.313. The highest BCUT2D eigenvalue weighted by molar-refractivity contribution is 5.74. The Morgan fingerprint density at radius 2 is 1.64 bits per heavy atom. The lowest BCUT2D eigenvalue weighted by molar-refractivity contribution is 0.0342. The summed E-state index contributed by atoms with van der Waals surface area (Å²) in [5.41, 5.74) is 3.51. The number of carbonyl (C=O) groups excluding carboxylic acids is 1. The average molecular weight is 382 g/mol. The molecule has 0 bridgehead atoms. The van der Waals surface area contributed by atoms with E-state index in [0.29, 0.717) is 12.5 Å². The van der Waals surface area contributed by atoms with Crippen molar-refractivity contribution in [3.63, 3.8) is 0 Å². The number of carbonyl (C=O) groups is 1. The van der Waals surface area contributed by atoms with Crippen LogP contribution in [0.15, 0.2) is 54.6 Å². The highest BCUT2D eigenvalue weighted by atomic mass is 16.5. The molecule has 0 saturated carbocycles. The molecule has 0 aromatic heterocycles. The summed E-state index contributed by atoms with van der Waals surface area (Å²) in [4.78, 5) is 14.8. The molecule has 1 saturated heterocycles. The van der Waals surface area contributed by atoms with E-state index in [9.17, 15) is 4.79 Å². The van der Waals surface area contributed by atoms with Crippen molar-refractivity contribution in [1.82, 2.24) is 15.5 Å². The summed E-state index contributed by atoms with van der Waals surface area (Å²) in [6.07, 6.45) is 0. The Hall–Kier alpha value is -2.37. The lowest BCUT2D eigenvalue weighted by Crippen LogP contribution is -2.39. The minimum Gasteiger partial charge on any atom is -0.379 e. The number of nitrogens with one attached hydrogen (secondary N) is 2. The molecule has 1 aliphatic heterocycles. The van der Waals surface area contributed by atoms with E-state index in [-0.39, 0.29) is 12.1 Å². The highest BCUT2D eigenvalue weighted by Gasteiger charge is 2.17. The standard InChI is InChI=1S/C23H31N3O2/c1-18(2)22(21-6-4-3-5-7-21)25-23(27)24-16-19-8-10-20(11-9-19)17-26-12-14-28-15-13-26/h3-11,18,22H,12-17H2,1-2H3,(H2,24,25,27)/t22-/m1/s1. The van der Waals surface area contributed by atoms with Gasteiger partial charge in [-0.3, -0.25) is 4.90 Å². The van der Waals surface area contributed by atoms with Crippen LogP contribution in [0.5, 0.6) is 0 Å². The van der Waals surface area contributed by atoms with Crippen molar-refractivity contribution in [2.24, 2.45) is 5.92 Å². The number of hydrogen-bond donors (Lipinski definition) is 2. The Balaban J connectivity index is 1.48. The van der Waals surface area contributed by atoms with Gasteiger partial charge in [0.05, 0.1) is 19.3 Å². The van der Waals surface area contributed by atoms with Gasteiger partial charge < -0.3 is 15.4 Å². The molecule has 1 heterocycles. The molecule has 2 amide bonds. The molecule has 150 valence electrons. The van der Waals surface area contributed by atoms with Gasteiger partial charge in [-0.1, -0.05) is 68.4 Å². The quantitative estimate of drug-likeness (QED) is 0.769. The van der Waals surface area contributed by atoms with E-state index in [1.54, 1.807) is 0 Å². The molecule has 0 unspecified atom stereocenters. The van der Waals surface area contributed by atoms with Gasteiger partial charge in [0.25, 0.3) is 0 Å². The molecule has 2 N–H and O–H groups in total. The number of nitrogens with zero attached hydrogens (tertiary/aromatic N) is 1. The molecule has 0 radical (unpaired) electrons. The maximum absolute atomic E-state index is 12.4. The second kappa shape index (κ2) is 10.2. The molecular weight excluding hydrogens is 350 g/mol. The molecular formula is C23H31N3O2. The molecule has 1 fully saturated rings. The first-order chi connectivity index (χ1) is 13.6. The molecule has 0 spiro atoms. The number of ether oxygens (including phenoxy) is 1. The lowest BCUT2D eigenvalue weighted by Gasteiger charge is -2.26. The van der Waals surface area contributed by atoms with Crippen molar-refractivity contribution in [1.29, 1.82) is 0 Å². The first-order valence-corrected chi connectivity index (χ1v) is 10.1. The van der Waals surface area contributed by atoms with Crippen molar-refractivity contribution in [3.8, 4) is 0 Å². The van der Waals surface area contributed by atoms with Crippen LogP contribution in [-0.4, -0.2) is 37.2 Å². The third kappa shape index (κ3) is 6.08. The molecule has 2 aromatic carbocycles. The number of morpholine rings is 1. The summed E-state index contributed by atoms with van der Waals surface area (Å²) >= 11 is 0. The molecule has 0 aliphatic carbocycles. The Kier molecular flexibility index (Phi) is 7.46. The molecule has 1 atom stereocenters. The normalized spacial score (nSPS) is 16.0. The fourth-order valence-corrected chi connectivity index (χ4v) is 3.45. The number of rotatable bonds is 7. The molecule has 5 heteroatoms. The van der Waals surface area contributed by atoms with Crippen LogP contribution in [0.25, 0.3) is 0 Å². The molecule has 2 aromatic rings. The van der Waals surface area contributed by atoms with E-state index >= 15 is 0 Å². The van der Waals surface area contributed by atoms with Gasteiger partial charge in [0, 0.05) is 26.2 Å². The summed E-state index contributed by atoms with van der Waals surface area (Å²) in [7, 11) is 0. The van der Waals surface area contributed by atoms with Gasteiger partial charge in [0.15, 0.2) is 0 Å². The topological polar surface area (TPSA) is 53.6 Å². The van der Waals surface area contributed by atoms with Gasteiger partial charge in [-0.25, -0.2) is 4.79 Å². The second-order valence-corrected chi connectivity index (χ2v) is 7.66. The third-order valence-electron chi connectivity index (χ3n) is 5.10. The predicted molar refractivity (Wildman–Crippen MR) is 112 cm³/mol. The van der Waals surface area contributed by atoms with Crippen molar-refractivity contribution >= 4 is 6.03 Å². The van der Waals surface area contributed by atoms with Gasteiger partial charge in [-0.05, 0) is 22.6 Å². The number of hydrogen-bond acceptors (Lipinski definition) is 3. The Bertz CT molecular complexity index is 725. The largest absolute Gasteiger partial charge is 0.379 e. The molecule has 5 nitrogen and oxygen atoms in total. The lowest BCUT2D eigenvalue weighted by atomic mass is 9.96. The molecule has 28 heavy (non-hydrogen) atoms. The minimum atomic E-state index is -0.139. The highest BCUT2D eigenvalue weighted by Crippen LogP contribution is 2.21. The van der Waals surface area contributed by atoms with Crippen molar-refractivity contribution in [3.05, 3.63) is 71.3 Å². The van der Waals surface area contributed by atoms with Crippen LogP contribution in [0.2, 0.25) is 0 Å². The maximum atomic E-state index is 12.4. The van der Waals surface area contributed by atoms with E-state index in [0.717, 1.165) is 44.0 Å². The van der Waals surface area contributed by atoms with Crippen LogP contribution < -0.4 is 10.6 Å². The zero-order valence-electron chi connectivity index (χ0n) is 16.9. The number of benzene rings is 2. The van der Waals surface area contributed by atoms with Crippen LogP contribution in [0.3, 0.4) is 0 Å². The van der Waals surface area contributed by atoms with Crippen LogP contribution >= 0.6 is 0 Å². The van der Waals surface area contributed by atoms with E-state index in [1.807, 2.05) is 18.2 Å². The maximum Gasteiger partial charge on any atom is 0.315 e. The van der Waals surface area contributed by atoms with Crippen LogP contribution in [0.1, 0.15) is 36.6 Å². The summed E-state index contributed by atoms with van der Waals surface area (Å²) < 4.78 is 5.39. The van der Waals surface area contributed by atoms with Gasteiger partial charge in [0.2, 0.25) is 0 Å². The van der Waals surface area contributed by atoms with E-state index in [1.165, 1.54) is 5.56 Å². The van der Waals surface area contributed by atoms with Gasteiger partial charge in [-0.15, -0.1) is 0 Å². The Morgan fingerprint density at radius 1 is 1.00 bits per heavy atom. The van der Waals surface area contributed by atoms with Gasteiger partial charge >= 0.3 is 6.03 Å². The van der Waals surface area contributed by atoms with Crippen LogP contribution in [0, 0.1) is 5.92 Å².